The lowest BCUT2D eigenvalue weighted by Gasteiger charge is -2.42. The lowest BCUT2D eigenvalue weighted by molar-refractivity contribution is -0.0116. The number of nitrogens with zero attached hydrogens (tertiary/aromatic N) is 3. The Hall–Kier alpha value is -3.04. The highest BCUT2D eigenvalue weighted by Crippen LogP contribution is 2.44. The number of hydrogen-bond donors (Lipinski definition) is 2. The summed E-state index contributed by atoms with van der Waals surface area (Å²) < 4.78 is 31.4. The Labute approximate surface area is 216 Å². The standard InChI is InChI=1S/C28H35FN4O4/c1-35-26-7-6-22-27(33-26)20(21(29)17-32-22)15-25(34)28(8-3-2-4-9-28)10-5-11-30-16-19-14-23-24(18-31-19)37-13-12-36-23/h6-7,14,17-18,25,30,34H,2-5,8-13,15-16H2,1H3. The van der Waals surface area contributed by atoms with Gasteiger partial charge in [0.2, 0.25) is 5.88 Å². The summed E-state index contributed by atoms with van der Waals surface area (Å²) in [6, 6.07) is 5.41. The van der Waals surface area contributed by atoms with Gasteiger partial charge in [0.25, 0.3) is 0 Å². The normalized spacial score (nSPS) is 17.5. The van der Waals surface area contributed by atoms with Crippen LogP contribution in [0, 0.1) is 11.2 Å². The van der Waals surface area contributed by atoms with Gasteiger partial charge in [-0.05, 0) is 43.7 Å². The third-order valence-electron chi connectivity index (χ3n) is 7.72. The SMILES string of the molecule is COc1ccc2ncc(F)c(CC(O)C3(CCCNCc4cc5c(cn4)OCCO5)CCCCC3)c2n1. The van der Waals surface area contributed by atoms with Gasteiger partial charge in [-0.3, -0.25) is 9.97 Å². The predicted octanol–water partition coefficient (Wildman–Crippen LogP) is 4.37. The van der Waals surface area contributed by atoms with Crippen molar-refractivity contribution in [3.8, 4) is 17.4 Å². The summed E-state index contributed by atoms with van der Waals surface area (Å²) in [6.45, 7) is 2.54. The highest BCUT2D eigenvalue weighted by Gasteiger charge is 2.39. The Bertz CT molecular complexity index is 1220. The molecule has 3 aromatic rings. The van der Waals surface area contributed by atoms with Gasteiger partial charge in [0, 0.05) is 30.7 Å². The van der Waals surface area contributed by atoms with Crippen molar-refractivity contribution in [3.05, 3.63) is 47.7 Å². The van der Waals surface area contributed by atoms with Crippen molar-refractivity contribution >= 4 is 11.0 Å². The minimum atomic E-state index is -0.666. The average Bonchev–Trinajstić information content (AvgIpc) is 2.94. The average molecular weight is 511 g/mol. The van der Waals surface area contributed by atoms with E-state index >= 15 is 0 Å². The van der Waals surface area contributed by atoms with Crippen LogP contribution in [0.1, 0.15) is 56.2 Å². The third-order valence-corrected chi connectivity index (χ3v) is 7.72. The second-order valence-electron chi connectivity index (χ2n) is 10.0. The molecule has 8 nitrogen and oxygen atoms in total. The Balaban J connectivity index is 1.23. The van der Waals surface area contributed by atoms with Crippen molar-refractivity contribution in [2.75, 3.05) is 26.9 Å². The van der Waals surface area contributed by atoms with Crippen molar-refractivity contribution in [1.82, 2.24) is 20.3 Å². The van der Waals surface area contributed by atoms with Gasteiger partial charge in [-0.15, -0.1) is 0 Å². The number of fused-ring (bicyclic) bond motifs is 2. The van der Waals surface area contributed by atoms with E-state index < -0.39 is 11.9 Å². The number of aliphatic hydroxyl groups excluding tert-OH is 1. The van der Waals surface area contributed by atoms with Crippen LogP contribution in [0.15, 0.2) is 30.6 Å². The van der Waals surface area contributed by atoms with Crippen LogP contribution in [-0.2, 0) is 13.0 Å². The molecule has 4 heterocycles. The first-order valence-corrected chi connectivity index (χ1v) is 13.2. The summed E-state index contributed by atoms with van der Waals surface area (Å²) >= 11 is 0. The van der Waals surface area contributed by atoms with Crippen LogP contribution in [0.25, 0.3) is 11.0 Å². The highest BCUT2D eigenvalue weighted by atomic mass is 19.1. The van der Waals surface area contributed by atoms with Crippen LogP contribution in [0.3, 0.4) is 0 Å². The van der Waals surface area contributed by atoms with Gasteiger partial charge in [0.05, 0.1) is 42.3 Å². The van der Waals surface area contributed by atoms with Crippen LogP contribution in [-0.4, -0.2) is 53.0 Å². The van der Waals surface area contributed by atoms with Crippen molar-refractivity contribution in [2.24, 2.45) is 5.41 Å². The lowest BCUT2D eigenvalue weighted by atomic mass is 9.66. The molecule has 0 radical (unpaired) electrons. The molecule has 1 atom stereocenters. The maximum absolute atomic E-state index is 14.9. The van der Waals surface area contributed by atoms with Crippen LogP contribution in [0.5, 0.6) is 17.4 Å². The Morgan fingerprint density at radius 3 is 2.73 bits per heavy atom. The van der Waals surface area contributed by atoms with Crippen LogP contribution < -0.4 is 19.5 Å². The zero-order valence-corrected chi connectivity index (χ0v) is 21.3. The lowest BCUT2D eigenvalue weighted by Crippen LogP contribution is -2.39. The van der Waals surface area contributed by atoms with E-state index in [1.807, 2.05) is 6.07 Å². The fourth-order valence-corrected chi connectivity index (χ4v) is 5.67. The topological polar surface area (TPSA) is 98.6 Å². The second-order valence-corrected chi connectivity index (χ2v) is 10.0. The van der Waals surface area contributed by atoms with E-state index in [-0.39, 0.29) is 11.8 Å². The van der Waals surface area contributed by atoms with Gasteiger partial charge in [-0.2, -0.15) is 0 Å². The number of pyridine rings is 3. The zero-order valence-electron chi connectivity index (χ0n) is 21.3. The number of nitrogens with one attached hydrogen (secondary N) is 1. The molecule has 37 heavy (non-hydrogen) atoms. The quantitative estimate of drug-likeness (QED) is 0.388. The van der Waals surface area contributed by atoms with Gasteiger partial charge in [0.1, 0.15) is 19.0 Å². The van der Waals surface area contributed by atoms with E-state index in [9.17, 15) is 9.50 Å². The molecule has 1 aliphatic heterocycles. The van der Waals surface area contributed by atoms with E-state index in [1.54, 1.807) is 18.3 Å². The molecule has 9 heteroatoms. The zero-order chi connectivity index (χ0) is 25.7. The fourth-order valence-electron chi connectivity index (χ4n) is 5.67. The molecule has 0 bridgehead atoms. The number of halogens is 1. The first-order valence-electron chi connectivity index (χ1n) is 13.2. The second kappa shape index (κ2) is 11.6. The number of ether oxygens (including phenoxy) is 3. The van der Waals surface area contributed by atoms with Gasteiger partial charge in [-0.25, -0.2) is 9.37 Å². The number of rotatable bonds is 10. The molecule has 198 valence electrons. The summed E-state index contributed by atoms with van der Waals surface area (Å²) in [5.74, 6) is 1.40. The van der Waals surface area contributed by atoms with Gasteiger partial charge < -0.3 is 24.6 Å². The maximum atomic E-state index is 14.9. The molecule has 1 saturated carbocycles. The summed E-state index contributed by atoms with van der Waals surface area (Å²) in [5.41, 5.74) is 2.12. The molecule has 0 saturated heterocycles. The molecule has 0 amide bonds. The smallest absolute Gasteiger partial charge is 0.213 e. The molecule has 0 spiro atoms. The summed E-state index contributed by atoms with van der Waals surface area (Å²) in [4.78, 5) is 13.1. The Morgan fingerprint density at radius 1 is 1.11 bits per heavy atom. The van der Waals surface area contributed by atoms with Crippen LogP contribution >= 0.6 is 0 Å². The molecular weight excluding hydrogens is 475 g/mol. The minimum Gasteiger partial charge on any atom is -0.486 e. The molecule has 2 N–H and O–H groups in total. The number of aliphatic hydroxyl groups is 1. The van der Waals surface area contributed by atoms with E-state index in [2.05, 4.69) is 20.3 Å². The van der Waals surface area contributed by atoms with Crippen LogP contribution in [0.4, 0.5) is 4.39 Å². The Morgan fingerprint density at radius 2 is 1.92 bits per heavy atom. The molecule has 2 aliphatic rings. The molecule has 1 fully saturated rings. The molecular formula is C28H35FN4O4. The van der Waals surface area contributed by atoms with Crippen molar-refractivity contribution < 1.29 is 23.7 Å². The number of methoxy groups -OCH3 is 1. The molecule has 3 aromatic heterocycles. The first kappa shape index (κ1) is 25.6. The van der Waals surface area contributed by atoms with Crippen molar-refractivity contribution in [1.29, 1.82) is 0 Å². The predicted molar refractivity (Wildman–Crippen MR) is 137 cm³/mol. The molecule has 0 aromatic carbocycles. The maximum Gasteiger partial charge on any atom is 0.213 e. The van der Waals surface area contributed by atoms with E-state index in [0.29, 0.717) is 48.0 Å². The summed E-state index contributed by atoms with van der Waals surface area (Å²) in [6.07, 6.45) is 9.48. The number of aromatic nitrogens is 3. The largest absolute Gasteiger partial charge is 0.486 e. The van der Waals surface area contributed by atoms with Crippen molar-refractivity contribution in [2.45, 2.75) is 64.0 Å². The molecule has 1 unspecified atom stereocenters. The summed E-state index contributed by atoms with van der Waals surface area (Å²) in [7, 11) is 1.53. The molecule has 1 aliphatic carbocycles. The molecule has 5 rings (SSSR count). The van der Waals surface area contributed by atoms with Gasteiger partial charge in [-0.1, -0.05) is 19.3 Å². The van der Waals surface area contributed by atoms with Gasteiger partial charge in [0.15, 0.2) is 11.5 Å². The van der Waals surface area contributed by atoms with Crippen LogP contribution in [0.2, 0.25) is 0 Å². The minimum absolute atomic E-state index is 0.208. The van der Waals surface area contributed by atoms with E-state index in [1.165, 1.54) is 19.7 Å². The van der Waals surface area contributed by atoms with E-state index in [0.717, 1.165) is 56.5 Å². The number of hydrogen-bond acceptors (Lipinski definition) is 8. The monoisotopic (exact) mass is 510 g/mol. The fraction of sp³-hybridized carbons (Fsp3) is 0.536. The first-order chi connectivity index (χ1) is 18.1. The van der Waals surface area contributed by atoms with Crippen molar-refractivity contribution in [3.63, 3.8) is 0 Å². The van der Waals surface area contributed by atoms with Gasteiger partial charge >= 0.3 is 0 Å². The Kier molecular flexibility index (Phi) is 8.00. The summed E-state index contributed by atoms with van der Waals surface area (Å²) in [5, 5.41) is 15.0. The highest BCUT2D eigenvalue weighted by molar-refractivity contribution is 5.78. The van der Waals surface area contributed by atoms with E-state index in [4.69, 9.17) is 14.2 Å². The third kappa shape index (κ3) is 5.78.